The Kier molecular flexibility index (Phi) is 2.85. The van der Waals surface area contributed by atoms with Crippen LogP contribution in [0.25, 0.3) is 0 Å². The van der Waals surface area contributed by atoms with Crippen LogP contribution >= 0.6 is 0 Å². The fourth-order valence-corrected chi connectivity index (χ4v) is 8.64. The van der Waals surface area contributed by atoms with Crippen molar-refractivity contribution >= 4 is 5.78 Å². The monoisotopic (exact) mass is 338 g/mol. The number of carbonyl (C=O) groups excluding carboxylic acids is 1. The topological polar surface area (TPSA) is 26.3 Å². The molecule has 2 nitrogen and oxygen atoms in total. The van der Waals surface area contributed by atoms with Gasteiger partial charge in [0.25, 0.3) is 0 Å². The molecule has 6 rings (SSSR count). The molecule has 134 valence electrons. The third kappa shape index (κ3) is 1.69. The Morgan fingerprint density at radius 2 is 2.08 bits per heavy atom. The Labute approximate surface area is 151 Å². The second-order valence-corrected chi connectivity index (χ2v) is 10.2. The molecule has 0 aromatic rings. The molecule has 25 heavy (non-hydrogen) atoms. The molecule has 0 amide bonds. The van der Waals surface area contributed by atoms with E-state index in [0.717, 1.165) is 55.5 Å². The van der Waals surface area contributed by atoms with Crippen molar-refractivity contribution in [2.75, 3.05) is 6.61 Å². The van der Waals surface area contributed by atoms with Gasteiger partial charge >= 0.3 is 0 Å². The van der Waals surface area contributed by atoms with Crippen LogP contribution < -0.4 is 0 Å². The van der Waals surface area contributed by atoms with Crippen molar-refractivity contribution in [2.45, 2.75) is 63.9 Å². The van der Waals surface area contributed by atoms with Gasteiger partial charge in [-0.3, -0.25) is 4.79 Å². The van der Waals surface area contributed by atoms with E-state index >= 15 is 0 Å². The molecule has 1 aliphatic heterocycles. The van der Waals surface area contributed by atoms with E-state index in [1.54, 1.807) is 0 Å². The average molecular weight is 338 g/mol. The number of allylic oxidation sites excluding steroid dienone is 2. The van der Waals surface area contributed by atoms with Gasteiger partial charge in [0.05, 0.1) is 5.60 Å². The molecular formula is C23H30O2. The second-order valence-electron chi connectivity index (χ2n) is 10.2. The first-order valence-corrected chi connectivity index (χ1v) is 10.6. The standard InChI is InChI=1S/C23H30O2/c1-13-10-18-16(15-5-4-14(24)11-17(13)15)6-8-22(2)21(18)19-12-20(19)23(22)7-3-9-25-23/h11,15-16,18-21H,1,3-10,12H2,2H3/t15-,16?,18?,19?,20?,21?,22+,23+/m1/s1. The number of rotatable bonds is 0. The largest absolute Gasteiger partial charge is 0.374 e. The number of ether oxygens (including phenoxy) is 1. The van der Waals surface area contributed by atoms with Crippen molar-refractivity contribution in [3.8, 4) is 0 Å². The average Bonchev–Trinajstić information content (AvgIpc) is 3.15. The highest BCUT2D eigenvalue weighted by Gasteiger charge is 2.77. The Hall–Kier alpha value is -0.890. The predicted molar refractivity (Wildman–Crippen MR) is 96.9 cm³/mol. The van der Waals surface area contributed by atoms with Gasteiger partial charge in [-0.15, -0.1) is 0 Å². The molecule has 5 unspecified atom stereocenters. The van der Waals surface area contributed by atoms with Gasteiger partial charge in [0, 0.05) is 18.4 Å². The molecule has 0 aromatic heterocycles. The van der Waals surface area contributed by atoms with Crippen molar-refractivity contribution in [1.82, 2.24) is 0 Å². The molecule has 0 aromatic carbocycles. The van der Waals surface area contributed by atoms with E-state index in [0.29, 0.717) is 17.1 Å². The van der Waals surface area contributed by atoms with Crippen LogP contribution in [-0.2, 0) is 9.53 Å². The molecule has 5 aliphatic carbocycles. The molecule has 1 heterocycles. The van der Waals surface area contributed by atoms with Crippen molar-refractivity contribution in [2.24, 2.45) is 40.9 Å². The second kappa shape index (κ2) is 4.68. The van der Waals surface area contributed by atoms with E-state index in [1.807, 2.05) is 6.08 Å². The van der Waals surface area contributed by atoms with E-state index in [9.17, 15) is 4.79 Å². The molecule has 0 radical (unpaired) electrons. The summed E-state index contributed by atoms with van der Waals surface area (Å²) < 4.78 is 6.58. The van der Waals surface area contributed by atoms with E-state index < -0.39 is 0 Å². The number of fused-ring (bicyclic) bond motifs is 9. The fourth-order valence-electron chi connectivity index (χ4n) is 8.64. The molecule has 1 saturated heterocycles. The summed E-state index contributed by atoms with van der Waals surface area (Å²) in [6.07, 6.45) is 11.6. The van der Waals surface area contributed by atoms with Crippen molar-refractivity contribution in [3.05, 3.63) is 23.8 Å². The smallest absolute Gasteiger partial charge is 0.156 e. The van der Waals surface area contributed by atoms with E-state index in [-0.39, 0.29) is 5.60 Å². The van der Waals surface area contributed by atoms with E-state index in [1.165, 1.54) is 43.3 Å². The summed E-state index contributed by atoms with van der Waals surface area (Å²) >= 11 is 0. The highest BCUT2D eigenvalue weighted by molar-refractivity contribution is 5.92. The molecule has 4 saturated carbocycles. The molecule has 8 atom stereocenters. The van der Waals surface area contributed by atoms with Gasteiger partial charge in [0.15, 0.2) is 5.78 Å². The number of hydrogen-bond acceptors (Lipinski definition) is 2. The lowest BCUT2D eigenvalue weighted by Gasteiger charge is -2.57. The Balaban J connectivity index is 1.40. The lowest BCUT2D eigenvalue weighted by molar-refractivity contribution is -0.145. The van der Waals surface area contributed by atoms with Crippen LogP contribution in [0.2, 0.25) is 0 Å². The van der Waals surface area contributed by atoms with Gasteiger partial charge in [-0.05, 0) is 92.1 Å². The van der Waals surface area contributed by atoms with Gasteiger partial charge in [0.2, 0.25) is 0 Å². The quantitative estimate of drug-likeness (QED) is 0.640. The molecule has 0 bridgehead atoms. The van der Waals surface area contributed by atoms with Crippen LogP contribution in [0.4, 0.5) is 0 Å². The lowest BCUT2D eigenvalue weighted by atomic mass is 9.48. The van der Waals surface area contributed by atoms with Gasteiger partial charge in [-0.1, -0.05) is 19.1 Å². The zero-order valence-electron chi connectivity index (χ0n) is 15.4. The molecule has 5 fully saturated rings. The van der Waals surface area contributed by atoms with Crippen LogP contribution in [0, 0.1) is 40.9 Å². The first-order chi connectivity index (χ1) is 12.1. The number of ketones is 1. The first kappa shape index (κ1) is 15.2. The third-order valence-corrected chi connectivity index (χ3v) is 9.49. The first-order valence-electron chi connectivity index (χ1n) is 10.6. The maximum atomic E-state index is 12.0. The Morgan fingerprint density at radius 1 is 1.20 bits per heavy atom. The van der Waals surface area contributed by atoms with Crippen molar-refractivity contribution in [3.63, 3.8) is 0 Å². The number of carbonyl (C=O) groups is 1. The van der Waals surface area contributed by atoms with Gasteiger partial charge in [0.1, 0.15) is 0 Å². The van der Waals surface area contributed by atoms with Crippen molar-refractivity contribution < 1.29 is 9.53 Å². The van der Waals surface area contributed by atoms with Gasteiger partial charge < -0.3 is 4.74 Å². The zero-order valence-corrected chi connectivity index (χ0v) is 15.4. The minimum atomic E-state index is 0.216. The summed E-state index contributed by atoms with van der Waals surface area (Å²) in [5.74, 6) is 5.13. The van der Waals surface area contributed by atoms with Crippen LogP contribution in [0.3, 0.4) is 0 Å². The summed E-state index contributed by atoms with van der Waals surface area (Å²) in [5, 5.41) is 0. The third-order valence-electron chi connectivity index (χ3n) is 9.49. The summed E-state index contributed by atoms with van der Waals surface area (Å²) in [5.41, 5.74) is 3.23. The Morgan fingerprint density at radius 3 is 2.88 bits per heavy atom. The minimum absolute atomic E-state index is 0.216. The normalized spacial score (nSPS) is 56.1. The summed E-state index contributed by atoms with van der Waals surface area (Å²) in [4.78, 5) is 12.0. The molecule has 6 aliphatic rings. The fraction of sp³-hybridized carbons (Fsp3) is 0.783. The molecule has 2 heteroatoms. The Bertz CT molecular complexity index is 697. The van der Waals surface area contributed by atoms with E-state index in [4.69, 9.17) is 4.74 Å². The lowest BCUT2D eigenvalue weighted by Crippen LogP contribution is -2.55. The minimum Gasteiger partial charge on any atom is -0.374 e. The van der Waals surface area contributed by atoms with E-state index in [2.05, 4.69) is 13.5 Å². The maximum absolute atomic E-state index is 12.0. The summed E-state index contributed by atoms with van der Waals surface area (Å²) in [6.45, 7) is 8.01. The highest BCUT2D eigenvalue weighted by Crippen LogP contribution is 2.78. The molecule has 0 N–H and O–H groups in total. The van der Waals surface area contributed by atoms with Crippen molar-refractivity contribution in [1.29, 1.82) is 0 Å². The van der Waals surface area contributed by atoms with Crippen LogP contribution in [0.1, 0.15) is 58.3 Å². The summed E-state index contributed by atoms with van der Waals surface area (Å²) in [6, 6.07) is 0. The summed E-state index contributed by atoms with van der Waals surface area (Å²) in [7, 11) is 0. The molecular weight excluding hydrogens is 308 g/mol. The highest BCUT2D eigenvalue weighted by atomic mass is 16.5. The van der Waals surface area contributed by atoms with Gasteiger partial charge in [-0.2, -0.15) is 0 Å². The van der Waals surface area contributed by atoms with Crippen LogP contribution in [-0.4, -0.2) is 18.0 Å². The SMILES string of the molecule is C=C1CC2C(CC[C@@]3(C)C2C2CC2[C@@]32CCCO2)[C@H]2CCC(=O)C=C12. The number of hydrogen-bond donors (Lipinski definition) is 0. The maximum Gasteiger partial charge on any atom is 0.156 e. The van der Waals surface area contributed by atoms with Gasteiger partial charge in [-0.25, -0.2) is 0 Å². The molecule has 1 spiro atoms. The van der Waals surface area contributed by atoms with Crippen LogP contribution in [0.5, 0.6) is 0 Å². The van der Waals surface area contributed by atoms with Crippen LogP contribution in [0.15, 0.2) is 23.8 Å². The predicted octanol–water partition coefficient (Wildman–Crippen LogP) is 4.70. The zero-order chi connectivity index (χ0) is 17.0.